The summed E-state index contributed by atoms with van der Waals surface area (Å²) in [7, 11) is 0. The number of hydrogen-bond donors (Lipinski definition) is 1. The Labute approximate surface area is 81.8 Å². The van der Waals surface area contributed by atoms with Gasteiger partial charge in [0.05, 0.1) is 6.61 Å². The predicted octanol–water partition coefficient (Wildman–Crippen LogP) is 1.51. The minimum atomic E-state index is -0.0957. The normalized spacial score (nSPS) is 14.1. The van der Waals surface area contributed by atoms with Gasteiger partial charge in [0.1, 0.15) is 0 Å². The number of rotatable bonds is 1. The number of fused-ring (bicyclic) bond motifs is 1. The van der Waals surface area contributed by atoms with Crippen LogP contribution in [0.1, 0.15) is 12.5 Å². The van der Waals surface area contributed by atoms with Crippen LogP contribution in [0.4, 0.5) is 5.69 Å². The van der Waals surface area contributed by atoms with Crippen molar-refractivity contribution in [2.45, 2.75) is 13.3 Å². The second-order valence-electron chi connectivity index (χ2n) is 3.16. The molecule has 0 unspecified atom stereocenters. The zero-order chi connectivity index (χ0) is 9.97. The highest BCUT2D eigenvalue weighted by Crippen LogP contribution is 2.26. The molecule has 4 nitrogen and oxygen atoms in total. The van der Waals surface area contributed by atoms with Crippen molar-refractivity contribution in [2.24, 2.45) is 0 Å². The number of carbonyl (C=O) groups is 1. The SMILES string of the molecule is CC(=O)Nc1ccc2c(c1)OOCC2. The van der Waals surface area contributed by atoms with E-state index in [1.54, 1.807) is 6.07 Å². The van der Waals surface area contributed by atoms with Crippen LogP contribution >= 0.6 is 0 Å². The van der Waals surface area contributed by atoms with Gasteiger partial charge in [-0.15, -0.1) is 0 Å². The van der Waals surface area contributed by atoms with Crippen molar-refractivity contribution in [2.75, 3.05) is 11.9 Å². The molecular formula is C10H11NO3. The fourth-order valence-electron chi connectivity index (χ4n) is 1.38. The van der Waals surface area contributed by atoms with Crippen molar-refractivity contribution in [3.05, 3.63) is 23.8 Å². The summed E-state index contributed by atoms with van der Waals surface area (Å²) in [6.07, 6.45) is 0.843. The zero-order valence-electron chi connectivity index (χ0n) is 7.87. The van der Waals surface area contributed by atoms with Crippen LogP contribution in [0.2, 0.25) is 0 Å². The Hall–Kier alpha value is -1.55. The lowest BCUT2D eigenvalue weighted by molar-refractivity contribution is -0.215. The zero-order valence-corrected chi connectivity index (χ0v) is 7.87. The standard InChI is InChI=1S/C10H11NO3/c1-7(12)11-9-3-2-8-4-5-13-14-10(8)6-9/h2-3,6H,4-5H2,1H3,(H,11,12). The first-order valence-electron chi connectivity index (χ1n) is 4.46. The van der Waals surface area contributed by atoms with Crippen molar-refractivity contribution < 1.29 is 14.6 Å². The summed E-state index contributed by atoms with van der Waals surface area (Å²) in [5.41, 5.74) is 1.83. The molecule has 1 aliphatic heterocycles. The molecular weight excluding hydrogens is 182 g/mol. The quantitative estimate of drug-likeness (QED) is 0.688. The van der Waals surface area contributed by atoms with Crippen LogP contribution in [0, 0.1) is 0 Å². The lowest BCUT2D eigenvalue weighted by Gasteiger charge is -2.16. The molecule has 2 rings (SSSR count). The van der Waals surface area contributed by atoms with Gasteiger partial charge < -0.3 is 10.2 Å². The second-order valence-corrected chi connectivity index (χ2v) is 3.16. The summed E-state index contributed by atoms with van der Waals surface area (Å²) < 4.78 is 0. The first-order chi connectivity index (χ1) is 6.75. The highest BCUT2D eigenvalue weighted by Gasteiger charge is 2.11. The molecule has 0 fully saturated rings. The van der Waals surface area contributed by atoms with Gasteiger partial charge in [-0.05, 0) is 6.07 Å². The molecule has 4 heteroatoms. The highest BCUT2D eigenvalue weighted by atomic mass is 17.2. The average Bonchev–Trinajstić information content (AvgIpc) is 2.17. The molecule has 0 saturated heterocycles. The summed E-state index contributed by atoms with van der Waals surface area (Å²) in [6, 6.07) is 5.55. The Kier molecular flexibility index (Phi) is 2.37. The molecule has 0 radical (unpaired) electrons. The fourth-order valence-corrected chi connectivity index (χ4v) is 1.38. The molecule has 1 amide bonds. The number of amides is 1. The summed E-state index contributed by atoms with van der Waals surface area (Å²) in [6.45, 7) is 2.04. The summed E-state index contributed by atoms with van der Waals surface area (Å²) in [5.74, 6) is 0.587. The fraction of sp³-hybridized carbons (Fsp3) is 0.300. The molecule has 0 aliphatic carbocycles. The first kappa shape index (κ1) is 9.02. The Bertz CT molecular complexity index is 362. The van der Waals surface area contributed by atoms with Crippen LogP contribution in [0.15, 0.2) is 18.2 Å². The molecule has 0 atom stereocenters. The Morgan fingerprint density at radius 3 is 3.14 bits per heavy atom. The second kappa shape index (κ2) is 3.67. The van der Waals surface area contributed by atoms with E-state index in [2.05, 4.69) is 5.32 Å². The third-order valence-electron chi connectivity index (χ3n) is 1.99. The number of benzene rings is 1. The minimum absolute atomic E-state index is 0.0957. The molecule has 0 spiro atoms. The largest absolute Gasteiger partial charge is 0.337 e. The molecule has 1 heterocycles. The molecule has 1 N–H and O–H groups in total. The Morgan fingerprint density at radius 2 is 2.36 bits per heavy atom. The Morgan fingerprint density at radius 1 is 1.50 bits per heavy atom. The minimum Gasteiger partial charge on any atom is -0.337 e. The third-order valence-corrected chi connectivity index (χ3v) is 1.99. The van der Waals surface area contributed by atoms with Crippen molar-refractivity contribution in [1.29, 1.82) is 0 Å². The summed E-state index contributed by atoms with van der Waals surface area (Å²) in [5, 5.41) is 2.68. The van der Waals surface area contributed by atoms with E-state index < -0.39 is 0 Å². The van der Waals surface area contributed by atoms with Gasteiger partial charge in [0.15, 0.2) is 5.75 Å². The first-order valence-corrected chi connectivity index (χ1v) is 4.46. The highest BCUT2D eigenvalue weighted by molar-refractivity contribution is 5.88. The van der Waals surface area contributed by atoms with E-state index in [1.807, 2.05) is 12.1 Å². The van der Waals surface area contributed by atoms with Gasteiger partial charge in [-0.3, -0.25) is 4.79 Å². The van der Waals surface area contributed by atoms with E-state index in [4.69, 9.17) is 9.78 Å². The van der Waals surface area contributed by atoms with Gasteiger partial charge in [-0.1, -0.05) is 6.07 Å². The van der Waals surface area contributed by atoms with Gasteiger partial charge in [0, 0.05) is 30.7 Å². The van der Waals surface area contributed by atoms with Crippen LogP contribution in [-0.4, -0.2) is 12.5 Å². The van der Waals surface area contributed by atoms with E-state index in [1.165, 1.54) is 6.92 Å². The van der Waals surface area contributed by atoms with Crippen LogP contribution in [-0.2, 0) is 16.1 Å². The molecule has 0 saturated carbocycles. The average molecular weight is 193 g/mol. The van der Waals surface area contributed by atoms with Gasteiger partial charge in [-0.2, -0.15) is 4.89 Å². The topological polar surface area (TPSA) is 47.6 Å². The van der Waals surface area contributed by atoms with Crippen LogP contribution < -0.4 is 10.2 Å². The van der Waals surface area contributed by atoms with E-state index in [0.717, 1.165) is 17.7 Å². The van der Waals surface area contributed by atoms with Crippen molar-refractivity contribution >= 4 is 11.6 Å². The molecule has 1 aliphatic rings. The lowest BCUT2D eigenvalue weighted by Crippen LogP contribution is -2.12. The van der Waals surface area contributed by atoms with Gasteiger partial charge in [0.2, 0.25) is 5.91 Å². The van der Waals surface area contributed by atoms with Crippen molar-refractivity contribution in [3.63, 3.8) is 0 Å². The van der Waals surface area contributed by atoms with Gasteiger partial charge >= 0.3 is 0 Å². The van der Waals surface area contributed by atoms with Gasteiger partial charge in [0.25, 0.3) is 0 Å². The van der Waals surface area contributed by atoms with E-state index in [-0.39, 0.29) is 5.91 Å². The molecule has 1 aromatic rings. The molecule has 0 aromatic heterocycles. The smallest absolute Gasteiger partial charge is 0.221 e. The molecule has 14 heavy (non-hydrogen) atoms. The lowest BCUT2D eigenvalue weighted by atomic mass is 10.1. The number of nitrogens with one attached hydrogen (secondary N) is 1. The predicted molar refractivity (Wildman–Crippen MR) is 51.0 cm³/mol. The van der Waals surface area contributed by atoms with E-state index in [0.29, 0.717) is 12.4 Å². The molecule has 74 valence electrons. The third kappa shape index (κ3) is 1.85. The molecule has 1 aromatic carbocycles. The summed E-state index contributed by atoms with van der Waals surface area (Å²) >= 11 is 0. The van der Waals surface area contributed by atoms with E-state index in [9.17, 15) is 4.79 Å². The monoisotopic (exact) mass is 193 g/mol. The van der Waals surface area contributed by atoms with Crippen molar-refractivity contribution in [1.82, 2.24) is 0 Å². The van der Waals surface area contributed by atoms with Crippen molar-refractivity contribution in [3.8, 4) is 5.75 Å². The Balaban J connectivity index is 2.24. The molecule has 0 bridgehead atoms. The maximum absolute atomic E-state index is 10.8. The van der Waals surface area contributed by atoms with Gasteiger partial charge in [-0.25, -0.2) is 0 Å². The summed E-state index contributed by atoms with van der Waals surface area (Å²) in [4.78, 5) is 20.6. The van der Waals surface area contributed by atoms with Crippen LogP contribution in [0.25, 0.3) is 0 Å². The van der Waals surface area contributed by atoms with Crippen LogP contribution in [0.3, 0.4) is 0 Å². The number of carbonyl (C=O) groups excluding carboxylic acids is 1. The maximum atomic E-state index is 10.8. The number of hydrogen-bond acceptors (Lipinski definition) is 3. The maximum Gasteiger partial charge on any atom is 0.221 e. The van der Waals surface area contributed by atoms with E-state index >= 15 is 0 Å². The number of anilines is 1. The van der Waals surface area contributed by atoms with Crippen LogP contribution in [0.5, 0.6) is 5.75 Å².